The molecule has 3 aromatic carbocycles. The minimum Gasteiger partial charge on any atom is -0.357 e. The van der Waals surface area contributed by atoms with Gasteiger partial charge in [0.15, 0.2) is 11.6 Å². The lowest BCUT2D eigenvalue weighted by Crippen LogP contribution is -2.53. The van der Waals surface area contributed by atoms with Crippen molar-refractivity contribution >= 4 is 27.5 Å². The molecular weight excluding hydrogens is 507 g/mol. The first-order valence-corrected chi connectivity index (χ1v) is 13.1. The first kappa shape index (κ1) is 27.7. The summed E-state index contributed by atoms with van der Waals surface area (Å²) in [6.07, 6.45) is 0.869. The predicted octanol–water partition coefficient (Wildman–Crippen LogP) is 3.26. The molecule has 3 aromatic rings. The Morgan fingerprint density at radius 2 is 1.54 bits per heavy atom. The van der Waals surface area contributed by atoms with Crippen LogP contribution in [-0.4, -0.2) is 51.0 Å². The average Bonchev–Trinajstić information content (AvgIpc) is 2.86. The Labute approximate surface area is 213 Å². The Balaban J connectivity index is 2.05. The van der Waals surface area contributed by atoms with E-state index in [-0.39, 0.29) is 24.2 Å². The van der Waals surface area contributed by atoms with Gasteiger partial charge < -0.3 is 10.2 Å². The molecule has 0 radical (unpaired) electrons. The van der Waals surface area contributed by atoms with E-state index in [1.54, 1.807) is 36.4 Å². The first-order chi connectivity index (χ1) is 17.5. The number of likely N-dealkylation sites (N-methyl/N-ethyl adjacent to an activating group) is 1. The summed E-state index contributed by atoms with van der Waals surface area (Å²) >= 11 is 0. The molecule has 7 nitrogen and oxygen atoms in total. The van der Waals surface area contributed by atoms with Crippen LogP contribution in [0.3, 0.4) is 0 Å². The van der Waals surface area contributed by atoms with Crippen molar-refractivity contribution in [2.24, 2.45) is 0 Å². The van der Waals surface area contributed by atoms with Crippen LogP contribution in [0.1, 0.15) is 11.1 Å². The lowest BCUT2D eigenvalue weighted by Gasteiger charge is -2.33. The highest BCUT2D eigenvalue weighted by atomic mass is 32.2. The van der Waals surface area contributed by atoms with Gasteiger partial charge in [-0.1, -0.05) is 48.5 Å². The molecule has 0 fully saturated rings. The van der Waals surface area contributed by atoms with Gasteiger partial charge in [0, 0.05) is 31.6 Å². The number of hydrogen-bond acceptors (Lipinski definition) is 4. The number of sulfonamides is 1. The summed E-state index contributed by atoms with van der Waals surface area (Å²) in [5.41, 5.74) is 0.541. The van der Waals surface area contributed by atoms with Crippen molar-refractivity contribution in [3.05, 3.63) is 101 Å². The van der Waals surface area contributed by atoms with Crippen LogP contribution in [0, 0.1) is 17.5 Å². The minimum atomic E-state index is -4.15. The van der Waals surface area contributed by atoms with E-state index in [9.17, 15) is 31.2 Å². The molecule has 1 atom stereocenters. The summed E-state index contributed by atoms with van der Waals surface area (Å²) in [4.78, 5) is 27.7. The summed E-state index contributed by atoms with van der Waals surface area (Å²) in [5, 5.41) is 2.50. The van der Waals surface area contributed by atoms with Gasteiger partial charge in [-0.2, -0.15) is 0 Å². The topological polar surface area (TPSA) is 86.8 Å². The van der Waals surface area contributed by atoms with Crippen molar-refractivity contribution in [1.82, 2.24) is 10.2 Å². The zero-order valence-electron chi connectivity index (χ0n) is 20.2. The van der Waals surface area contributed by atoms with Crippen LogP contribution in [-0.2, 0) is 32.6 Å². The summed E-state index contributed by atoms with van der Waals surface area (Å²) in [6.45, 7) is -1.17. The molecule has 0 aliphatic rings. The second-order valence-corrected chi connectivity index (χ2v) is 10.2. The van der Waals surface area contributed by atoms with Gasteiger partial charge in [0.25, 0.3) is 0 Å². The number of carbonyl (C=O) groups excluding carboxylic acids is 2. The minimum absolute atomic E-state index is 0.0603. The van der Waals surface area contributed by atoms with Gasteiger partial charge in [0.1, 0.15) is 18.4 Å². The smallest absolute Gasteiger partial charge is 0.244 e. The number of rotatable bonds is 10. The van der Waals surface area contributed by atoms with Gasteiger partial charge >= 0.3 is 0 Å². The molecule has 0 aliphatic carbocycles. The molecule has 0 saturated heterocycles. The highest BCUT2D eigenvalue weighted by Gasteiger charge is 2.33. The van der Waals surface area contributed by atoms with E-state index < -0.39 is 51.9 Å². The molecule has 2 amide bonds. The fourth-order valence-electron chi connectivity index (χ4n) is 3.78. The number of nitrogens with one attached hydrogen (secondary N) is 1. The van der Waals surface area contributed by atoms with Crippen molar-refractivity contribution in [2.75, 3.05) is 24.2 Å². The quantitative estimate of drug-likeness (QED) is 0.434. The van der Waals surface area contributed by atoms with Crippen molar-refractivity contribution in [3.8, 4) is 0 Å². The zero-order valence-corrected chi connectivity index (χ0v) is 21.0. The van der Waals surface area contributed by atoms with Crippen molar-refractivity contribution in [2.45, 2.75) is 19.0 Å². The summed E-state index contributed by atoms with van der Waals surface area (Å²) in [7, 11) is -2.76. The van der Waals surface area contributed by atoms with Gasteiger partial charge in [0.2, 0.25) is 21.8 Å². The maximum Gasteiger partial charge on any atom is 0.244 e. The van der Waals surface area contributed by atoms with Gasteiger partial charge in [-0.25, -0.2) is 21.6 Å². The van der Waals surface area contributed by atoms with Gasteiger partial charge in [-0.05, 0) is 23.8 Å². The van der Waals surface area contributed by atoms with Crippen molar-refractivity contribution < 1.29 is 31.2 Å². The van der Waals surface area contributed by atoms with Crippen LogP contribution in [0.2, 0.25) is 0 Å². The highest BCUT2D eigenvalue weighted by molar-refractivity contribution is 7.92. The van der Waals surface area contributed by atoms with Gasteiger partial charge in [0.05, 0.1) is 11.9 Å². The summed E-state index contributed by atoms with van der Waals surface area (Å²) < 4.78 is 67.6. The number of nitrogens with zero attached hydrogens (tertiary/aromatic N) is 2. The molecule has 0 heterocycles. The third-order valence-electron chi connectivity index (χ3n) is 5.69. The SMILES string of the molecule is CNC(=O)C(Cc1ccccc1)N(Cc1ccccc1F)C(=O)CN(c1ccc(F)c(F)c1)S(C)(=O)=O. The van der Waals surface area contributed by atoms with E-state index in [0.717, 1.165) is 23.3 Å². The lowest BCUT2D eigenvalue weighted by molar-refractivity contribution is -0.139. The maximum absolute atomic E-state index is 14.6. The molecule has 0 spiro atoms. The van der Waals surface area contributed by atoms with Crippen LogP contribution < -0.4 is 9.62 Å². The molecule has 0 saturated carbocycles. The number of carbonyl (C=O) groups is 2. The van der Waals surface area contributed by atoms with Crippen LogP contribution in [0.5, 0.6) is 0 Å². The summed E-state index contributed by atoms with van der Waals surface area (Å²) in [5.74, 6) is -4.49. The van der Waals surface area contributed by atoms with Crippen molar-refractivity contribution in [3.63, 3.8) is 0 Å². The molecule has 37 heavy (non-hydrogen) atoms. The Bertz CT molecular complexity index is 1370. The monoisotopic (exact) mass is 533 g/mol. The van der Waals surface area contributed by atoms with Crippen LogP contribution in [0.15, 0.2) is 72.8 Å². The maximum atomic E-state index is 14.6. The standard InChI is InChI=1S/C26H26F3N3O4S/c1-30-26(34)24(14-18-8-4-3-5-9-18)31(16-19-10-6-7-11-21(19)27)25(33)17-32(37(2,35)36)20-12-13-22(28)23(29)15-20/h3-13,15,24H,14,16-17H2,1-2H3,(H,30,34). The van der Waals surface area contributed by atoms with Crippen LogP contribution in [0.25, 0.3) is 0 Å². The summed E-state index contributed by atoms with van der Waals surface area (Å²) in [6, 6.07) is 15.8. The molecule has 0 aliphatic heterocycles. The van der Waals surface area contributed by atoms with E-state index in [0.29, 0.717) is 15.9 Å². The fraction of sp³-hybridized carbons (Fsp3) is 0.231. The molecule has 3 rings (SSSR count). The number of amides is 2. The Hall–Kier alpha value is -3.86. The zero-order chi connectivity index (χ0) is 27.2. The van der Waals surface area contributed by atoms with E-state index in [2.05, 4.69) is 5.32 Å². The third-order valence-corrected chi connectivity index (χ3v) is 6.83. The van der Waals surface area contributed by atoms with E-state index in [1.807, 2.05) is 0 Å². The van der Waals surface area contributed by atoms with Gasteiger partial charge in [-0.15, -0.1) is 0 Å². The first-order valence-electron chi connectivity index (χ1n) is 11.2. The van der Waals surface area contributed by atoms with E-state index in [1.165, 1.54) is 25.2 Å². The lowest BCUT2D eigenvalue weighted by atomic mass is 10.0. The van der Waals surface area contributed by atoms with E-state index in [4.69, 9.17) is 0 Å². The fourth-order valence-corrected chi connectivity index (χ4v) is 4.63. The molecule has 0 bridgehead atoms. The van der Waals surface area contributed by atoms with Crippen LogP contribution in [0.4, 0.5) is 18.9 Å². The number of hydrogen-bond donors (Lipinski definition) is 1. The molecular formula is C26H26F3N3O4S. The molecule has 1 unspecified atom stereocenters. The second-order valence-electron chi connectivity index (χ2n) is 8.30. The Morgan fingerprint density at radius 3 is 2.14 bits per heavy atom. The second kappa shape index (κ2) is 11.9. The van der Waals surface area contributed by atoms with E-state index >= 15 is 0 Å². The normalized spacial score (nSPS) is 12.0. The Morgan fingerprint density at radius 1 is 0.892 bits per heavy atom. The largest absolute Gasteiger partial charge is 0.357 e. The molecule has 1 N–H and O–H groups in total. The number of benzene rings is 3. The van der Waals surface area contributed by atoms with Gasteiger partial charge in [-0.3, -0.25) is 13.9 Å². The Kier molecular flexibility index (Phi) is 8.93. The highest BCUT2D eigenvalue weighted by Crippen LogP contribution is 2.22. The third kappa shape index (κ3) is 7.10. The predicted molar refractivity (Wildman–Crippen MR) is 133 cm³/mol. The molecule has 11 heteroatoms. The molecule has 196 valence electrons. The van der Waals surface area contributed by atoms with Crippen molar-refractivity contribution in [1.29, 1.82) is 0 Å². The molecule has 0 aromatic heterocycles. The number of halogens is 3. The number of anilines is 1. The average molecular weight is 534 g/mol. The van der Waals surface area contributed by atoms with Crippen LogP contribution >= 0.6 is 0 Å².